The van der Waals surface area contributed by atoms with Crippen LogP contribution in [0.1, 0.15) is 70.5 Å². The van der Waals surface area contributed by atoms with Crippen LogP contribution in [0.15, 0.2) is 109 Å². The number of halogens is 2. The summed E-state index contributed by atoms with van der Waals surface area (Å²) in [4.78, 5) is 0. The first-order valence-electron chi connectivity index (χ1n) is 20.2. The van der Waals surface area contributed by atoms with Gasteiger partial charge in [0.2, 0.25) is 0 Å². The lowest BCUT2D eigenvalue weighted by Crippen LogP contribution is -2.55. The molecule has 0 spiro atoms. The molecule has 60 heavy (non-hydrogen) atoms. The molecule has 2 unspecified atom stereocenters. The van der Waals surface area contributed by atoms with Crippen molar-refractivity contribution in [2.24, 2.45) is 0 Å². The number of aliphatic hydroxyl groups is 4. The summed E-state index contributed by atoms with van der Waals surface area (Å²) in [5.41, 5.74) is 6.98. The predicted molar refractivity (Wildman–Crippen MR) is 241 cm³/mol. The molecule has 1 heterocycles. The Labute approximate surface area is 365 Å². The largest absolute Gasteiger partial charge is 0.496 e. The maximum atomic E-state index is 10.7. The Kier molecular flexibility index (Phi) is 17.1. The summed E-state index contributed by atoms with van der Waals surface area (Å²) in [5.74, 6) is 2.38. The van der Waals surface area contributed by atoms with Crippen molar-refractivity contribution >= 4 is 31.3 Å². The normalized spacial score (nSPS) is 20.1. The molecule has 0 aromatic heterocycles. The second-order valence-electron chi connectivity index (χ2n) is 15.8. The van der Waals surface area contributed by atoms with E-state index < -0.39 is 45.2 Å². The van der Waals surface area contributed by atoms with E-state index in [0.717, 1.165) is 44.3 Å². The average Bonchev–Trinajstić information content (AvgIpc) is 3.23. The third-order valence-corrected chi connectivity index (χ3v) is 13.7. The van der Waals surface area contributed by atoms with Crippen LogP contribution in [0.3, 0.4) is 0 Å². The molecule has 1 aliphatic heterocycles. The van der Waals surface area contributed by atoms with E-state index in [1.54, 1.807) is 26.4 Å². The Morgan fingerprint density at radius 1 is 0.683 bits per heavy atom. The SMILES string of the molecule is CCOc1ccc(C(OC)c2ccccc2Cl)cc1.CCOc1ccc(C(c2cc(Cc3cc([C@@H]4O[C@H](CO)[C@@H](O)[C@H](O)[C@H]4O)ccc3OC)ccc2Cl)[Si](C)(C)C)cc1. The lowest BCUT2D eigenvalue weighted by Gasteiger charge is -2.40. The fourth-order valence-electron chi connectivity index (χ4n) is 7.74. The molecule has 9 nitrogen and oxygen atoms in total. The number of methoxy groups -OCH3 is 2. The van der Waals surface area contributed by atoms with Gasteiger partial charge in [-0.25, -0.2) is 0 Å². The molecule has 0 bridgehead atoms. The van der Waals surface area contributed by atoms with E-state index in [4.69, 9.17) is 46.9 Å². The summed E-state index contributed by atoms with van der Waals surface area (Å²) in [6.45, 7) is 11.8. The minimum Gasteiger partial charge on any atom is -0.496 e. The Morgan fingerprint density at radius 3 is 1.83 bits per heavy atom. The van der Waals surface area contributed by atoms with Gasteiger partial charge in [0.05, 0.1) is 35.0 Å². The summed E-state index contributed by atoms with van der Waals surface area (Å²) < 4.78 is 28.1. The van der Waals surface area contributed by atoms with E-state index in [9.17, 15) is 20.4 Å². The Hall–Kier alpha value is -3.94. The lowest BCUT2D eigenvalue weighted by atomic mass is 9.89. The first kappa shape index (κ1) is 47.1. The molecule has 4 N–H and O–H groups in total. The maximum Gasteiger partial charge on any atom is 0.122 e. The van der Waals surface area contributed by atoms with E-state index in [-0.39, 0.29) is 11.6 Å². The summed E-state index contributed by atoms with van der Waals surface area (Å²) >= 11 is 13.1. The zero-order valence-corrected chi connectivity index (χ0v) is 37.9. The van der Waals surface area contributed by atoms with Gasteiger partial charge in [-0.1, -0.05) is 104 Å². The van der Waals surface area contributed by atoms with Gasteiger partial charge in [0.25, 0.3) is 0 Å². The highest BCUT2D eigenvalue weighted by Crippen LogP contribution is 2.40. The van der Waals surface area contributed by atoms with Crippen LogP contribution in [-0.2, 0) is 15.9 Å². The molecule has 0 saturated carbocycles. The van der Waals surface area contributed by atoms with Crippen LogP contribution in [-0.4, -0.2) is 87.0 Å². The molecular weight excluding hydrogens is 820 g/mol. The smallest absolute Gasteiger partial charge is 0.122 e. The first-order chi connectivity index (χ1) is 28.7. The zero-order chi connectivity index (χ0) is 43.6. The maximum absolute atomic E-state index is 10.7. The quantitative estimate of drug-likeness (QED) is 0.0762. The Balaban J connectivity index is 0.000000299. The first-order valence-corrected chi connectivity index (χ1v) is 24.6. The topological polar surface area (TPSA) is 127 Å². The van der Waals surface area contributed by atoms with E-state index in [0.29, 0.717) is 36.0 Å². The number of benzene rings is 5. The van der Waals surface area contributed by atoms with Gasteiger partial charge in [-0.2, -0.15) is 0 Å². The highest BCUT2D eigenvalue weighted by atomic mass is 35.5. The molecule has 7 atom stereocenters. The van der Waals surface area contributed by atoms with Crippen molar-refractivity contribution in [2.45, 2.75) is 82.1 Å². The molecule has 1 fully saturated rings. The van der Waals surface area contributed by atoms with Crippen LogP contribution >= 0.6 is 23.2 Å². The summed E-state index contributed by atoms with van der Waals surface area (Å²) in [6, 6.07) is 35.5. The van der Waals surface area contributed by atoms with Gasteiger partial charge in [-0.3, -0.25) is 0 Å². The summed E-state index contributed by atoms with van der Waals surface area (Å²) in [7, 11) is 1.50. The molecule has 0 amide bonds. The van der Waals surface area contributed by atoms with Gasteiger partial charge in [-0.15, -0.1) is 0 Å². The number of ether oxygens (including phenoxy) is 5. The van der Waals surface area contributed by atoms with Gasteiger partial charge < -0.3 is 44.1 Å². The molecule has 0 radical (unpaired) electrons. The van der Waals surface area contributed by atoms with E-state index in [2.05, 4.69) is 37.8 Å². The van der Waals surface area contributed by atoms with Gasteiger partial charge in [0.1, 0.15) is 53.9 Å². The van der Waals surface area contributed by atoms with E-state index in [1.807, 2.05) is 92.7 Å². The molecule has 5 aromatic rings. The average molecular weight is 878 g/mol. The second kappa shape index (κ2) is 21.7. The summed E-state index contributed by atoms with van der Waals surface area (Å²) in [6.07, 6.45) is -5.76. The Morgan fingerprint density at radius 2 is 1.28 bits per heavy atom. The lowest BCUT2D eigenvalue weighted by molar-refractivity contribution is -0.231. The molecule has 0 aliphatic carbocycles. The van der Waals surface area contributed by atoms with Crippen molar-refractivity contribution in [1.29, 1.82) is 0 Å². The van der Waals surface area contributed by atoms with Crippen molar-refractivity contribution < 1.29 is 44.1 Å². The van der Waals surface area contributed by atoms with Crippen LogP contribution in [0.5, 0.6) is 17.2 Å². The van der Waals surface area contributed by atoms with Gasteiger partial charge in [0.15, 0.2) is 0 Å². The van der Waals surface area contributed by atoms with Crippen molar-refractivity contribution in [3.05, 3.63) is 158 Å². The number of hydrogen-bond acceptors (Lipinski definition) is 9. The number of hydrogen-bond donors (Lipinski definition) is 4. The van der Waals surface area contributed by atoms with Crippen LogP contribution in [0.25, 0.3) is 0 Å². The predicted octanol–water partition coefficient (Wildman–Crippen LogP) is 9.34. The minimum atomic E-state index is -1.79. The minimum absolute atomic E-state index is 0.160. The third-order valence-electron chi connectivity index (χ3n) is 10.6. The highest BCUT2D eigenvalue weighted by molar-refractivity contribution is 6.78. The zero-order valence-electron chi connectivity index (χ0n) is 35.3. The van der Waals surface area contributed by atoms with Gasteiger partial charge >= 0.3 is 0 Å². The van der Waals surface area contributed by atoms with Crippen molar-refractivity contribution in [1.82, 2.24) is 0 Å². The number of aliphatic hydroxyl groups excluding tert-OH is 4. The van der Waals surface area contributed by atoms with E-state index in [1.165, 1.54) is 5.56 Å². The van der Waals surface area contributed by atoms with Crippen LogP contribution in [0, 0.1) is 0 Å². The van der Waals surface area contributed by atoms with Crippen LogP contribution in [0.4, 0.5) is 0 Å². The molecular formula is C48H58Cl2O9Si. The highest BCUT2D eigenvalue weighted by Gasteiger charge is 2.44. The fourth-order valence-corrected chi connectivity index (χ4v) is 10.7. The summed E-state index contributed by atoms with van der Waals surface area (Å²) in [5, 5.41) is 42.2. The molecule has 322 valence electrons. The van der Waals surface area contributed by atoms with Gasteiger partial charge in [-0.05, 0) is 95.8 Å². The van der Waals surface area contributed by atoms with Crippen LogP contribution < -0.4 is 14.2 Å². The number of rotatable bonds is 15. The molecule has 1 aliphatic rings. The third kappa shape index (κ3) is 11.5. The fraction of sp³-hybridized carbons (Fsp3) is 0.375. The Bertz CT molecular complexity index is 2110. The standard InChI is InChI=1S/C32H41ClO7Si.C16H17ClO2/c1-6-39-23-11-8-20(9-12-23)32(41(3,4)5)24-16-19(7-13-25(24)33)15-22-17-21(10-14-26(22)38-2)31-30(37)29(36)28(35)27(18-34)40-31;1-3-19-13-10-8-12(9-11-13)16(18-2)14-6-4-5-7-15(14)17/h7-14,16-17,27-32,34-37H,6,15,18H2,1-5H3;4-11,16H,3H2,1-2H3/t27-,28-,29+,30-,31+,32?;/m1./s1. The molecule has 12 heteroatoms. The van der Waals surface area contributed by atoms with E-state index >= 15 is 0 Å². The van der Waals surface area contributed by atoms with Crippen LogP contribution in [0.2, 0.25) is 29.7 Å². The van der Waals surface area contributed by atoms with Crippen molar-refractivity contribution in [2.75, 3.05) is 34.0 Å². The van der Waals surface area contributed by atoms with Crippen molar-refractivity contribution in [3.63, 3.8) is 0 Å². The molecule has 6 rings (SSSR count). The molecule has 1 saturated heterocycles. The molecule has 5 aromatic carbocycles. The second-order valence-corrected chi connectivity index (χ2v) is 21.9. The van der Waals surface area contributed by atoms with Crippen molar-refractivity contribution in [3.8, 4) is 17.2 Å². The monoisotopic (exact) mass is 876 g/mol. The van der Waals surface area contributed by atoms with Gasteiger partial charge in [0, 0.05) is 34.7 Å².